The van der Waals surface area contributed by atoms with E-state index in [2.05, 4.69) is 10.6 Å². The van der Waals surface area contributed by atoms with E-state index in [4.69, 9.17) is 9.47 Å². The highest BCUT2D eigenvalue weighted by Crippen LogP contribution is 2.44. The van der Waals surface area contributed by atoms with Gasteiger partial charge in [0.1, 0.15) is 18.2 Å². The van der Waals surface area contributed by atoms with E-state index in [1.54, 1.807) is 6.92 Å². The fraction of sp³-hybridized carbons (Fsp3) is 0.429. The molecule has 0 spiro atoms. The Balaban J connectivity index is 1.44. The Morgan fingerprint density at radius 3 is 2.08 bits per heavy atom. The molecule has 1 aliphatic rings. The van der Waals surface area contributed by atoms with Gasteiger partial charge in [0.15, 0.2) is 0 Å². The zero-order chi connectivity index (χ0) is 27.0. The Bertz CT molecular complexity index is 1100. The minimum Gasteiger partial charge on any atom is -0.480 e. The van der Waals surface area contributed by atoms with Gasteiger partial charge in [0, 0.05) is 18.9 Å². The molecular weight excluding hydrogens is 476 g/mol. The van der Waals surface area contributed by atoms with E-state index in [0.29, 0.717) is 12.8 Å². The van der Waals surface area contributed by atoms with Crippen LogP contribution in [-0.2, 0) is 23.9 Å². The van der Waals surface area contributed by atoms with E-state index in [0.717, 1.165) is 22.3 Å². The average molecular weight is 511 g/mol. The van der Waals surface area contributed by atoms with Gasteiger partial charge in [-0.25, -0.2) is 9.59 Å². The molecule has 198 valence electrons. The number of nitrogens with one attached hydrogen (secondary N) is 2. The Hall–Kier alpha value is -3.88. The lowest BCUT2D eigenvalue weighted by Gasteiger charge is -2.27. The number of rotatable bonds is 12. The summed E-state index contributed by atoms with van der Waals surface area (Å²) in [7, 11) is 0. The summed E-state index contributed by atoms with van der Waals surface area (Å²) in [6.45, 7) is 5.61. The average Bonchev–Trinajstić information content (AvgIpc) is 3.20. The van der Waals surface area contributed by atoms with E-state index in [1.165, 1.54) is 0 Å². The highest BCUT2D eigenvalue weighted by Gasteiger charge is 2.30. The number of hydrogen-bond acceptors (Lipinski definition) is 6. The summed E-state index contributed by atoms with van der Waals surface area (Å²) >= 11 is 0. The van der Waals surface area contributed by atoms with Crippen LogP contribution in [0.1, 0.15) is 63.5 Å². The molecule has 0 aromatic heterocycles. The summed E-state index contributed by atoms with van der Waals surface area (Å²) in [4.78, 5) is 48.2. The summed E-state index contributed by atoms with van der Waals surface area (Å²) in [5.74, 6) is -2.74. The maximum atomic E-state index is 12.3. The lowest BCUT2D eigenvalue weighted by Crippen LogP contribution is -2.44. The molecule has 9 heteroatoms. The molecule has 2 aromatic carbocycles. The van der Waals surface area contributed by atoms with Crippen molar-refractivity contribution in [1.82, 2.24) is 10.6 Å². The number of carboxylic acid groups (broad SMARTS) is 1. The van der Waals surface area contributed by atoms with Crippen LogP contribution in [0, 0.1) is 0 Å². The number of hydrogen-bond donors (Lipinski definition) is 3. The van der Waals surface area contributed by atoms with Crippen molar-refractivity contribution in [2.24, 2.45) is 0 Å². The van der Waals surface area contributed by atoms with E-state index < -0.39 is 42.0 Å². The first-order valence-corrected chi connectivity index (χ1v) is 12.5. The molecule has 0 saturated carbocycles. The van der Waals surface area contributed by atoms with Crippen molar-refractivity contribution in [2.45, 2.75) is 64.0 Å². The van der Waals surface area contributed by atoms with E-state index in [-0.39, 0.29) is 25.5 Å². The van der Waals surface area contributed by atoms with E-state index in [1.807, 2.05) is 62.4 Å². The number of carbonyl (C=O) groups excluding carboxylic acids is 3. The topological polar surface area (TPSA) is 131 Å². The minimum atomic E-state index is -1.42. The molecule has 9 nitrogen and oxygen atoms in total. The molecule has 1 atom stereocenters. The third-order valence-corrected chi connectivity index (χ3v) is 6.83. The molecule has 3 N–H and O–H groups in total. The molecular formula is C28H34N2O7. The first-order chi connectivity index (χ1) is 17.7. The van der Waals surface area contributed by atoms with Gasteiger partial charge in [-0.2, -0.15) is 0 Å². The van der Waals surface area contributed by atoms with Crippen molar-refractivity contribution < 1.29 is 33.8 Å². The zero-order valence-corrected chi connectivity index (χ0v) is 21.4. The predicted molar refractivity (Wildman–Crippen MR) is 137 cm³/mol. The molecule has 0 heterocycles. The maximum absolute atomic E-state index is 12.3. The Kier molecular flexibility index (Phi) is 9.27. The van der Waals surface area contributed by atoms with Crippen LogP contribution in [0.3, 0.4) is 0 Å². The monoisotopic (exact) mass is 510 g/mol. The number of aliphatic carboxylic acids is 1. The van der Waals surface area contributed by atoms with Crippen molar-refractivity contribution in [3.05, 3.63) is 59.7 Å². The third kappa shape index (κ3) is 7.09. The second-order valence-corrected chi connectivity index (χ2v) is 9.30. The second-order valence-electron chi connectivity index (χ2n) is 9.30. The summed E-state index contributed by atoms with van der Waals surface area (Å²) in [6.07, 6.45) is -0.172. The molecule has 0 fully saturated rings. The first-order valence-electron chi connectivity index (χ1n) is 12.5. The van der Waals surface area contributed by atoms with Crippen LogP contribution < -0.4 is 10.6 Å². The molecule has 0 saturated heterocycles. The van der Waals surface area contributed by atoms with Crippen LogP contribution in [-0.4, -0.2) is 53.8 Å². The fourth-order valence-electron chi connectivity index (χ4n) is 4.27. The largest absolute Gasteiger partial charge is 0.480 e. The number of alkyl carbamates (subject to hydrolysis) is 1. The zero-order valence-electron chi connectivity index (χ0n) is 21.4. The van der Waals surface area contributed by atoms with Crippen molar-refractivity contribution in [2.75, 3.05) is 13.2 Å². The van der Waals surface area contributed by atoms with E-state index >= 15 is 0 Å². The predicted octanol–water partition coefficient (Wildman–Crippen LogP) is 4.00. The summed E-state index contributed by atoms with van der Waals surface area (Å²) in [5, 5.41) is 14.2. The van der Waals surface area contributed by atoms with Gasteiger partial charge in [0.05, 0.1) is 6.42 Å². The number of esters is 1. The number of amides is 2. The number of ether oxygens (including phenoxy) is 2. The van der Waals surface area contributed by atoms with Gasteiger partial charge in [-0.1, -0.05) is 62.4 Å². The molecule has 0 unspecified atom stereocenters. The van der Waals surface area contributed by atoms with Gasteiger partial charge in [0.2, 0.25) is 5.91 Å². The van der Waals surface area contributed by atoms with Gasteiger partial charge in [-0.15, -0.1) is 0 Å². The van der Waals surface area contributed by atoms with Crippen molar-refractivity contribution in [1.29, 1.82) is 0 Å². The molecule has 1 aliphatic carbocycles. The van der Waals surface area contributed by atoms with Crippen LogP contribution in [0.2, 0.25) is 0 Å². The Morgan fingerprint density at radius 1 is 0.973 bits per heavy atom. The second kappa shape index (κ2) is 12.4. The number of benzene rings is 2. The number of carbonyl (C=O) groups is 4. The van der Waals surface area contributed by atoms with E-state index in [9.17, 15) is 24.3 Å². The quantitative estimate of drug-likeness (QED) is 0.368. The minimum absolute atomic E-state index is 0.0525. The molecule has 0 aliphatic heterocycles. The molecule has 0 bridgehead atoms. The highest BCUT2D eigenvalue weighted by molar-refractivity contribution is 5.87. The lowest BCUT2D eigenvalue weighted by atomic mass is 9.98. The van der Waals surface area contributed by atoms with Crippen LogP contribution in [0.5, 0.6) is 0 Å². The fourth-order valence-corrected chi connectivity index (χ4v) is 4.27. The molecule has 2 aromatic rings. The van der Waals surface area contributed by atoms with Crippen molar-refractivity contribution in [3.63, 3.8) is 0 Å². The van der Waals surface area contributed by atoms with Crippen LogP contribution in [0.25, 0.3) is 11.1 Å². The van der Waals surface area contributed by atoms with Gasteiger partial charge >= 0.3 is 18.0 Å². The van der Waals surface area contributed by atoms with Gasteiger partial charge in [0.25, 0.3) is 0 Å². The highest BCUT2D eigenvalue weighted by atomic mass is 16.6. The molecule has 2 amide bonds. The van der Waals surface area contributed by atoms with Crippen molar-refractivity contribution >= 4 is 23.9 Å². The summed E-state index contributed by atoms with van der Waals surface area (Å²) < 4.78 is 10.8. The summed E-state index contributed by atoms with van der Waals surface area (Å²) in [6, 6.07) is 14.6. The Labute approximate surface area is 216 Å². The third-order valence-electron chi connectivity index (χ3n) is 6.83. The standard InChI is InChI=1S/C28H34N2O7/c1-4-28(3,5-2)37-25(32)16-23(26(33)34)30-24(31)14-15-29-27(35)36-17-22-20-12-8-6-10-18(20)19-11-7-9-13-21(19)22/h6-13,22-23H,4-5,14-17H2,1-3H3,(H,29,35)(H,30,31)(H,33,34)/t23-/m0/s1. The van der Waals surface area contributed by atoms with Crippen molar-refractivity contribution in [3.8, 4) is 11.1 Å². The maximum Gasteiger partial charge on any atom is 0.407 e. The van der Waals surface area contributed by atoms with Gasteiger partial charge < -0.3 is 25.2 Å². The smallest absolute Gasteiger partial charge is 0.407 e. The summed E-state index contributed by atoms with van der Waals surface area (Å²) in [5.41, 5.74) is 3.74. The molecule has 37 heavy (non-hydrogen) atoms. The normalized spacial score (nSPS) is 13.2. The number of carboxylic acids is 1. The Morgan fingerprint density at radius 2 is 1.54 bits per heavy atom. The van der Waals surface area contributed by atoms with Gasteiger partial charge in [-0.05, 0) is 42.0 Å². The number of fused-ring (bicyclic) bond motifs is 3. The molecule has 0 radical (unpaired) electrons. The first kappa shape index (κ1) is 27.7. The SMILES string of the molecule is CCC(C)(CC)OC(=O)C[C@H](NC(=O)CCNC(=O)OCC1c2ccccc2-c2ccccc21)C(=O)O. The van der Waals surface area contributed by atoms with Crippen LogP contribution in [0.15, 0.2) is 48.5 Å². The lowest BCUT2D eigenvalue weighted by molar-refractivity contribution is -0.162. The van der Waals surface area contributed by atoms with Crippen LogP contribution in [0.4, 0.5) is 4.79 Å². The van der Waals surface area contributed by atoms with Crippen LogP contribution >= 0.6 is 0 Å². The van der Waals surface area contributed by atoms with Gasteiger partial charge in [-0.3, -0.25) is 9.59 Å². The molecule has 3 rings (SSSR count).